The molecule has 2 aromatic rings. The van der Waals surface area contributed by atoms with Crippen LogP contribution in [-0.2, 0) is 7.05 Å². The van der Waals surface area contributed by atoms with Crippen LogP contribution in [0.5, 0.6) is 5.75 Å². The van der Waals surface area contributed by atoms with E-state index in [0.29, 0.717) is 30.0 Å². The minimum atomic E-state index is -0.372. The standard InChI is InChI=1S/C20H22N4O3/c1-14-15(12-21)20(26)22(2)19(16(14)13-25)24-10-8-23(9-11-24)17-6-4-5-7-18(17)27-3/h4-7,13H,8-11H2,1-3H3. The van der Waals surface area contributed by atoms with Gasteiger partial charge in [-0.1, -0.05) is 12.1 Å². The first-order chi connectivity index (χ1) is 13.0. The number of nitriles is 1. The Morgan fingerprint density at radius 2 is 1.78 bits per heavy atom. The summed E-state index contributed by atoms with van der Waals surface area (Å²) >= 11 is 0. The summed E-state index contributed by atoms with van der Waals surface area (Å²) in [5.74, 6) is 1.40. The lowest BCUT2D eigenvalue weighted by molar-refractivity contribution is 0.112. The predicted octanol–water partition coefficient (Wildman–Crippen LogP) is 1.71. The molecule has 7 nitrogen and oxygen atoms in total. The number of anilines is 2. The van der Waals surface area contributed by atoms with Crippen molar-refractivity contribution in [2.24, 2.45) is 7.05 Å². The molecule has 2 heterocycles. The summed E-state index contributed by atoms with van der Waals surface area (Å²) in [6.45, 7) is 4.41. The first-order valence-electron chi connectivity index (χ1n) is 8.75. The van der Waals surface area contributed by atoms with Crippen molar-refractivity contribution in [3.63, 3.8) is 0 Å². The summed E-state index contributed by atoms with van der Waals surface area (Å²) in [4.78, 5) is 28.5. The number of ether oxygens (including phenoxy) is 1. The van der Waals surface area contributed by atoms with Gasteiger partial charge < -0.3 is 14.5 Å². The highest BCUT2D eigenvalue weighted by molar-refractivity contribution is 5.86. The van der Waals surface area contributed by atoms with Crippen molar-refractivity contribution in [3.05, 3.63) is 51.3 Å². The van der Waals surface area contributed by atoms with E-state index in [0.717, 1.165) is 30.8 Å². The molecule has 3 rings (SSSR count). The first kappa shape index (κ1) is 18.5. The van der Waals surface area contributed by atoms with Crippen molar-refractivity contribution in [2.45, 2.75) is 6.92 Å². The molecule has 0 aliphatic carbocycles. The summed E-state index contributed by atoms with van der Waals surface area (Å²) in [7, 11) is 3.26. The van der Waals surface area contributed by atoms with Gasteiger partial charge in [-0.05, 0) is 24.6 Å². The number of carbonyl (C=O) groups excluding carboxylic acids is 1. The number of aldehydes is 1. The molecule has 0 N–H and O–H groups in total. The van der Waals surface area contributed by atoms with Crippen LogP contribution in [0.1, 0.15) is 21.5 Å². The van der Waals surface area contributed by atoms with Gasteiger partial charge in [0.05, 0.1) is 18.4 Å². The molecule has 1 aliphatic heterocycles. The number of hydrogen-bond donors (Lipinski definition) is 0. The molecule has 0 atom stereocenters. The number of para-hydroxylation sites is 2. The molecule has 140 valence electrons. The molecule has 1 aromatic heterocycles. The van der Waals surface area contributed by atoms with Crippen molar-refractivity contribution < 1.29 is 9.53 Å². The van der Waals surface area contributed by atoms with Crippen molar-refractivity contribution in [1.82, 2.24) is 4.57 Å². The third-order valence-electron chi connectivity index (χ3n) is 5.09. The van der Waals surface area contributed by atoms with Gasteiger partial charge in [-0.2, -0.15) is 5.26 Å². The van der Waals surface area contributed by atoms with Crippen LogP contribution in [0.4, 0.5) is 11.5 Å². The zero-order chi connectivity index (χ0) is 19.6. The van der Waals surface area contributed by atoms with E-state index in [9.17, 15) is 14.9 Å². The molecule has 1 fully saturated rings. The van der Waals surface area contributed by atoms with Crippen LogP contribution >= 0.6 is 0 Å². The third-order valence-corrected chi connectivity index (χ3v) is 5.09. The number of carbonyl (C=O) groups is 1. The van der Waals surface area contributed by atoms with Crippen LogP contribution in [0.3, 0.4) is 0 Å². The maximum atomic E-state index is 12.5. The molecular weight excluding hydrogens is 344 g/mol. The zero-order valence-corrected chi connectivity index (χ0v) is 15.7. The molecule has 7 heteroatoms. The fourth-order valence-electron chi connectivity index (χ4n) is 3.61. The highest BCUT2D eigenvalue weighted by Crippen LogP contribution is 2.30. The normalized spacial score (nSPS) is 14.0. The van der Waals surface area contributed by atoms with Gasteiger partial charge in [0.15, 0.2) is 6.29 Å². The Balaban J connectivity index is 1.92. The van der Waals surface area contributed by atoms with Crippen molar-refractivity contribution >= 4 is 17.8 Å². The Morgan fingerprint density at radius 1 is 1.15 bits per heavy atom. The van der Waals surface area contributed by atoms with Crippen molar-refractivity contribution in [2.75, 3.05) is 43.1 Å². The number of hydrogen-bond acceptors (Lipinski definition) is 6. The van der Waals surface area contributed by atoms with E-state index < -0.39 is 0 Å². The monoisotopic (exact) mass is 366 g/mol. The quantitative estimate of drug-likeness (QED) is 0.767. The number of rotatable bonds is 4. The second-order valence-electron chi connectivity index (χ2n) is 6.48. The van der Waals surface area contributed by atoms with E-state index in [1.54, 1.807) is 21.1 Å². The lowest BCUT2D eigenvalue weighted by Gasteiger charge is -2.38. The molecule has 0 bridgehead atoms. The largest absolute Gasteiger partial charge is 0.495 e. The van der Waals surface area contributed by atoms with Gasteiger partial charge in [-0.15, -0.1) is 0 Å². The maximum Gasteiger partial charge on any atom is 0.270 e. The minimum Gasteiger partial charge on any atom is -0.495 e. The van der Waals surface area contributed by atoms with E-state index >= 15 is 0 Å². The van der Waals surface area contributed by atoms with Gasteiger partial charge in [0.2, 0.25) is 0 Å². The SMILES string of the molecule is COc1ccccc1N1CCN(c2c(C=O)c(C)c(C#N)c(=O)n2C)CC1. The molecule has 0 saturated carbocycles. The fraction of sp³-hybridized carbons (Fsp3) is 0.350. The predicted molar refractivity (Wildman–Crippen MR) is 104 cm³/mol. The molecule has 0 amide bonds. The first-order valence-corrected chi connectivity index (χ1v) is 8.75. The van der Waals surface area contributed by atoms with Gasteiger partial charge in [-0.3, -0.25) is 14.2 Å². The molecule has 0 radical (unpaired) electrons. The minimum absolute atomic E-state index is 0.0241. The summed E-state index contributed by atoms with van der Waals surface area (Å²) in [5, 5.41) is 9.24. The fourth-order valence-corrected chi connectivity index (χ4v) is 3.61. The molecule has 1 aliphatic rings. The summed E-state index contributed by atoms with van der Waals surface area (Å²) in [6.07, 6.45) is 0.734. The number of nitrogens with zero attached hydrogens (tertiary/aromatic N) is 4. The Labute approximate surface area is 158 Å². The summed E-state index contributed by atoms with van der Waals surface area (Å²) in [6, 6.07) is 9.78. The van der Waals surface area contributed by atoms with E-state index in [4.69, 9.17) is 4.74 Å². The number of benzene rings is 1. The van der Waals surface area contributed by atoms with Crippen molar-refractivity contribution in [3.8, 4) is 11.8 Å². The van der Waals surface area contributed by atoms with Crippen LogP contribution in [0.15, 0.2) is 29.1 Å². The van der Waals surface area contributed by atoms with Crippen LogP contribution in [0, 0.1) is 18.3 Å². The number of aromatic nitrogens is 1. The van der Waals surface area contributed by atoms with Gasteiger partial charge in [0.25, 0.3) is 5.56 Å². The number of pyridine rings is 1. The smallest absolute Gasteiger partial charge is 0.270 e. The molecule has 1 saturated heterocycles. The molecule has 0 spiro atoms. The molecular formula is C20H22N4O3. The number of methoxy groups -OCH3 is 1. The van der Waals surface area contributed by atoms with Crippen LogP contribution < -0.4 is 20.1 Å². The number of piperazine rings is 1. The zero-order valence-electron chi connectivity index (χ0n) is 15.7. The van der Waals surface area contributed by atoms with Crippen LogP contribution in [0.2, 0.25) is 0 Å². The van der Waals surface area contributed by atoms with E-state index in [1.807, 2.05) is 35.2 Å². The van der Waals surface area contributed by atoms with Crippen LogP contribution in [0.25, 0.3) is 0 Å². The van der Waals surface area contributed by atoms with Gasteiger partial charge >= 0.3 is 0 Å². The van der Waals surface area contributed by atoms with E-state index in [-0.39, 0.29) is 11.1 Å². The van der Waals surface area contributed by atoms with E-state index in [1.165, 1.54) is 4.57 Å². The molecule has 1 aromatic carbocycles. The lowest BCUT2D eigenvalue weighted by Crippen LogP contribution is -2.48. The highest BCUT2D eigenvalue weighted by atomic mass is 16.5. The Morgan fingerprint density at radius 3 is 2.37 bits per heavy atom. The lowest BCUT2D eigenvalue weighted by atomic mass is 10.0. The maximum absolute atomic E-state index is 12.5. The molecule has 0 unspecified atom stereocenters. The Hall–Kier alpha value is -3.27. The second-order valence-corrected chi connectivity index (χ2v) is 6.48. The highest BCUT2D eigenvalue weighted by Gasteiger charge is 2.25. The molecule has 27 heavy (non-hydrogen) atoms. The van der Waals surface area contributed by atoms with Crippen molar-refractivity contribution in [1.29, 1.82) is 5.26 Å². The summed E-state index contributed by atoms with van der Waals surface area (Å²) < 4.78 is 6.86. The van der Waals surface area contributed by atoms with Gasteiger partial charge in [0.1, 0.15) is 23.2 Å². The second kappa shape index (κ2) is 7.54. The topological polar surface area (TPSA) is 78.6 Å². The average molecular weight is 366 g/mol. The van der Waals surface area contributed by atoms with Gasteiger partial charge in [-0.25, -0.2) is 0 Å². The Bertz CT molecular complexity index is 966. The summed E-state index contributed by atoms with van der Waals surface area (Å²) in [5.41, 5.74) is 1.52. The van der Waals surface area contributed by atoms with E-state index in [2.05, 4.69) is 4.90 Å². The average Bonchev–Trinajstić information content (AvgIpc) is 2.71. The van der Waals surface area contributed by atoms with Crippen LogP contribution in [-0.4, -0.2) is 44.1 Å². The van der Waals surface area contributed by atoms with Gasteiger partial charge in [0, 0.05) is 33.2 Å². The third kappa shape index (κ3) is 3.14. The Kier molecular flexibility index (Phi) is 5.17.